The molecule has 1 amide bonds. The SMILES string of the molecule is CC(C)(C)OC(=O)N1CCc2c(c3ccccc3n2CC(=O)O)C1. The van der Waals surface area contributed by atoms with Crippen LogP contribution < -0.4 is 0 Å². The number of benzene rings is 1. The number of para-hydroxylation sites is 1. The monoisotopic (exact) mass is 330 g/mol. The quantitative estimate of drug-likeness (QED) is 0.919. The van der Waals surface area contributed by atoms with Gasteiger partial charge in [-0.05, 0) is 26.8 Å². The Morgan fingerprint density at radius 3 is 2.62 bits per heavy atom. The standard InChI is InChI=1S/C18H22N2O4/c1-18(2,3)24-17(23)19-9-8-15-13(10-19)12-6-4-5-7-14(12)20(15)11-16(21)22/h4-7H,8-11H2,1-3H3,(H,21,22). The van der Waals surface area contributed by atoms with Gasteiger partial charge < -0.3 is 19.3 Å². The second kappa shape index (κ2) is 5.85. The molecule has 0 fully saturated rings. The molecule has 1 aliphatic heterocycles. The van der Waals surface area contributed by atoms with Gasteiger partial charge in [-0.2, -0.15) is 0 Å². The van der Waals surface area contributed by atoms with Gasteiger partial charge in [0, 0.05) is 35.1 Å². The van der Waals surface area contributed by atoms with Gasteiger partial charge in [0.25, 0.3) is 0 Å². The van der Waals surface area contributed by atoms with Crippen LogP contribution in [0.25, 0.3) is 10.9 Å². The number of hydrogen-bond acceptors (Lipinski definition) is 3. The van der Waals surface area contributed by atoms with Crippen LogP contribution in [0, 0.1) is 0 Å². The summed E-state index contributed by atoms with van der Waals surface area (Å²) in [5, 5.41) is 10.2. The molecule has 0 radical (unpaired) electrons. The Balaban J connectivity index is 1.97. The summed E-state index contributed by atoms with van der Waals surface area (Å²) in [4.78, 5) is 25.3. The van der Waals surface area contributed by atoms with Crippen LogP contribution in [0.5, 0.6) is 0 Å². The summed E-state index contributed by atoms with van der Waals surface area (Å²) < 4.78 is 7.31. The van der Waals surface area contributed by atoms with E-state index in [9.17, 15) is 14.7 Å². The first-order valence-corrected chi connectivity index (χ1v) is 8.05. The maximum absolute atomic E-state index is 12.3. The van der Waals surface area contributed by atoms with E-state index in [4.69, 9.17) is 4.74 Å². The molecular formula is C18H22N2O4. The first kappa shape index (κ1) is 16.4. The second-order valence-electron chi connectivity index (χ2n) is 7.07. The summed E-state index contributed by atoms with van der Waals surface area (Å²) in [6.45, 7) is 6.44. The predicted molar refractivity (Wildman–Crippen MR) is 89.9 cm³/mol. The topological polar surface area (TPSA) is 71.8 Å². The molecule has 24 heavy (non-hydrogen) atoms. The van der Waals surface area contributed by atoms with Crippen LogP contribution in [-0.2, 0) is 29.0 Å². The van der Waals surface area contributed by atoms with Gasteiger partial charge in [0.05, 0.1) is 6.54 Å². The van der Waals surface area contributed by atoms with Crippen LogP contribution in [0.1, 0.15) is 32.0 Å². The number of carbonyl (C=O) groups is 2. The number of fused-ring (bicyclic) bond motifs is 3. The zero-order valence-electron chi connectivity index (χ0n) is 14.2. The van der Waals surface area contributed by atoms with E-state index in [1.54, 1.807) is 4.90 Å². The maximum Gasteiger partial charge on any atom is 0.410 e. The van der Waals surface area contributed by atoms with Crippen molar-refractivity contribution in [1.82, 2.24) is 9.47 Å². The fourth-order valence-corrected chi connectivity index (χ4v) is 3.20. The largest absolute Gasteiger partial charge is 0.480 e. The molecular weight excluding hydrogens is 308 g/mol. The number of carboxylic acids is 1. The van der Waals surface area contributed by atoms with Gasteiger partial charge in [0.1, 0.15) is 12.1 Å². The third-order valence-corrected chi connectivity index (χ3v) is 4.11. The number of amides is 1. The lowest BCUT2D eigenvalue weighted by molar-refractivity contribution is -0.137. The Labute approximate surface area is 140 Å². The number of aliphatic carboxylic acids is 1. The highest BCUT2D eigenvalue weighted by atomic mass is 16.6. The fourth-order valence-electron chi connectivity index (χ4n) is 3.20. The molecule has 0 atom stereocenters. The van der Waals surface area contributed by atoms with E-state index in [1.165, 1.54) is 0 Å². The van der Waals surface area contributed by atoms with E-state index >= 15 is 0 Å². The van der Waals surface area contributed by atoms with Crippen molar-refractivity contribution in [1.29, 1.82) is 0 Å². The van der Waals surface area contributed by atoms with Gasteiger partial charge >= 0.3 is 12.1 Å². The van der Waals surface area contributed by atoms with Crippen LogP contribution in [0.4, 0.5) is 4.79 Å². The lowest BCUT2D eigenvalue weighted by atomic mass is 10.0. The first-order valence-electron chi connectivity index (χ1n) is 8.05. The molecule has 1 aromatic heterocycles. The van der Waals surface area contributed by atoms with Crippen molar-refractivity contribution in [2.45, 2.75) is 45.9 Å². The summed E-state index contributed by atoms with van der Waals surface area (Å²) >= 11 is 0. The van der Waals surface area contributed by atoms with Crippen molar-refractivity contribution in [2.24, 2.45) is 0 Å². The van der Waals surface area contributed by atoms with E-state index in [-0.39, 0.29) is 12.6 Å². The highest BCUT2D eigenvalue weighted by Gasteiger charge is 2.29. The van der Waals surface area contributed by atoms with Gasteiger partial charge in [0.15, 0.2) is 0 Å². The summed E-state index contributed by atoms with van der Waals surface area (Å²) in [7, 11) is 0. The second-order valence-corrected chi connectivity index (χ2v) is 7.07. The minimum Gasteiger partial charge on any atom is -0.480 e. The molecule has 128 valence electrons. The summed E-state index contributed by atoms with van der Waals surface area (Å²) in [5.74, 6) is -0.867. The molecule has 0 saturated carbocycles. The van der Waals surface area contributed by atoms with Gasteiger partial charge in [-0.3, -0.25) is 4.79 Å². The molecule has 0 unspecified atom stereocenters. The Bertz CT molecular complexity index is 801. The summed E-state index contributed by atoms with van der Waals surface area (Å²) in [6, 6.07) is 7.73. The smallest absolute Gasteiger partial charge is 0.410 e. The Morgan fingerprint density at radius 2 is 1.96 bits per heavy atom. The first-order chi connectivity index (χ1) is 11.3. The van der Waals surface area contributed by atoms with E-state index < -0.39 is 11.6 Å². The average Bonchev–Trinajstić information content (AvgIpc) is 2.79. The van der Waals surface area contributed by atoms with Gasteiger partial charge in [-0.1, -0.05) is 18.2 Å². The Kier molecular flexibility index (Phi) is 3.99. The lowest BCUT2D eigenvalue weighted by Crippen LogP contribution is -2.40. The normalized spacial score (nSPS) is 14.5. The zero-order chi connectivity index (χ0) is 17.5. The molecule has 6 nitrogen and oxygen atoms in total. The highest BCUT2D eigenvalue weighted by Crippen LogP contribution is 2.31. The van der Waals surface area contributed by atoms with Crippen LogP contribution in [0.2, 0.25) is 0 Å². The van der Waals surface area contributed by atoms with Crippen LogP contribution in [0.3, 0.4) is 0 Å². The molecule has 0 spiro atoms. The van der Waals surface area contributed by atoms with Crippen LogP contribution in [0.15, 0.2) is 24.3 Å². The fraction of sp³-hybridized carbons (Fsp3) is 0.444. The molecule has 3 rings (SSSR count). The average molecular weight is 330 g/mol. The lowest BCUT2D eigenvalue weighted by Gasteiger charge is -2.30. The van der Waals surface area contributed by atoms with Gasteiger partial charge in [-0.15, -0.1) is 0 Å². The molecule has 1 aliphatic rings. The molecule has 0 bridgehead atoms. The third-order valence-electron chi connectivity index (χ3n) is 4.11. The van der Waals surface area contributed by atoms with Gasteiger partial charge in [0.2, 0.25) is 0 Å². The minimum absolute atomic E-state index is 0.0672. The van der Waals surface area contributed by atoms with Crippen molar-refractivity contribution in [2.75, 3.05) is 6.54 Å². The molecule has 2 aromatic rings. The van der Waals surface area contributed by atoms with E-state index in [0.717, 1.165) is 22.2 Å². The zero-order valence-corrected chi connectivity index (χ0v) is 14.2. The number of ether oxygens (including phenoxy) is 1. The van der Waals surface area contributed by atoms with Crippen LogP contribution in [-0.4, -0.2) is 38.8 Å². The summed E-state index contributed by atoms with van der Waals surface area (Å²) in [6.07, 6.45) is 0.291. The number of nitrogens with zero attached hydrogens (tertiary/aromatic N) is 2. The molecule has 0 aliphatic carbocycles. The Hall–Kier alpha value is -2.50. The van der Waals surface area contributed by atoms with Crippen molar-refractivity contribution in [3.05, 3.63) is 35.5 Å². The molecule has 2 heterocycles. The maximum atomic E-state index is 12.3. The summed E-state index contributed by atoms with van der Waals surface area (Å²) in [5.41, 5.74) is 2.38. The minimum atomic E-state index is -0.867. The molecule has 0 saturated heterocycles. The van der Waals surface area contributed by atoms with E-state index in [1.807, 2.05) is 49.6 Å². The predicted octanol–water partition coefficient (Wildman–Crippen LogP) is 3.02. The molecule has 1 N–H and O–H groups in total. The van der Waals surface area contributed by atoms with Crippen LogP contribution >= 0.6 is 0 Å². The van der Waals surface area contributed by atoms with E-state index in [2.05, 4.69) is 0 Å². The number of rotatable bonds is 2. The molecule has 6 heteroatoms. The third kappa shape index (κ3) is 3.09. The van der Waals surface area contributed by atoms with Crippen molar-refractivity contribution in [3.63, 3.8) is 0 Å². The number of carbonyl (C=O) groups excluding carboxylic acids is 1. The van der Waals surface area contributed by atoms with E-state index in [0.29, 0.717) is 19.5 Å². The van der Waals surface area contributed by atoms with Crippen molar-refractivity contribution in [3.8, 4) is 0 Å². The number of carboxylic acid groups (broad SMARTS) is 1. The van der Waals surface area contributed by atoms with Crippen molar-refractivity contribution >= 4 is 23.0 Å². The molecule has 1 aromatic carbocycles. The van der Waals surface area contributed by atoms with Gasteiger partial charge in [-0.25, -0.2) is 4.79 Å². The number of aromatic nitrogens is 1. The number of hydrogen-bond donors (Lipinski definition) is 1. The highest BCUT2D eigenvalue weighted by molar-refractivity contribution is 5.87. The van der Waals surface area contributed by atoms with Crippen molar-refractivity contribution < 1.29 is 19.4 Å². The Morgan fingerprint density at radius 1 is 1.25 bits per heavy atom.